The normalized spacial score (nSPS) is 20.0. The van der Waals surface area contributed by atoms with Crippen molar-refractivity contribution < 1.29 is 14.3 Å². The third kappa shape index (κ3) is 6.23. The van der Waals surface area contributed by atoms with Gasteiger partial charge in [-0.1, -0.05) is 48.0 Å². The number of rotatable bonds is 9. The number of nitrogens with two attached hydrogens (primary N) is 1. The molecule has 150 valence electrons. The fraction of sp³-hybridized carbons (Fsp3) is 0.409. The molecule has 0 bridgehead atoms. The van der Waals surface area contributed by atoms with Crippen molar-refractivity contribution in [2.45, 2.75) is 24.9 Å². The molecule has 2 aromatic carbocycles. The van der Waals surface area contributed by atoms with Crippen molar-refractivity contribution >= 4 is 17.5 Å². The number of ether oxygens (including phenoxy) is 2. The Bertz CT molecular complexity index is 771. The van der Waals surface area contributed by atoms with Gasteiger partial charge in [0.1, 0.15) is 18.0 Å². The van der Waals surface area contributed by atoms with Gasteiger partial charge in [0, 0.05) is 18.1 Å². The van der Waals surface area contributed by atoms with Crippen molar-refractivity contribution in [3.63, 3.8) is 0 Å². The summed E-state index contributed by atoms with van der Waals surface area (Å²) in [5.74, 6) is 0.266. The summed E-state index contributed by atoms with van der Waals surface area (Å²) in [6, 6.07) is 17.7. The van der Waals surface area contributed by atoms with Crippen molar-refractivity contribution in [1.29, 1.82) is 0 Å². The minimum Gasteiger partial charge on any atom is -0.490 e. The molecule has 0 radical (unpaired) electrons. The van der Waals surface area contributed by atoms with E-state index in [9.17, 15) is 4.79 Å². The van der Waals surface area contributed by atoms with Crippen LogP contribution in [-0.2, 0) is 16.0 Å². The molecule has 0 saturated carbocycles. The van der Waals surface area contributed by atoms with Crippen LogP contribution in [0.15, 0.2) is 54.6 Å². The molecule has 6 heteroatoms. The van der Waals surface area contributed by atoms with Gasteiger partial charge < -0.3 is 15.2 Å². The van der Waals surface area contributed by atoms with Gasteiger partial charge in [0.15, 0.2) is 0 Å². The molecule has 3 rings (SSSR count). The van der Waals surface area contributed by atoms with Gasteiger partial charge in [-0.25, -0.2) is 0 Å². The number of hydrogen-bond donors (Lipinski definition) is 1. The lowest BCUT2D eigenvalue weighted by atomic mass is 9.97. The Morgan fingerprint density at radius 1 is 1.21 bits per heavy atom. The molecule has 1 aliphatic rings. The fourth-order valence-electron chi connectivity index (χ4n) is 3.60. The van der Waals surface area contributed by atoms with Crippen LogP contribution in [0.1, 0.15) is 18.4 Å². The van der Waals surface area contributed by atoms with Crippen molar-refractivity contribution in [3.05, 3.63) is 65.2 Å². The highest BCUT2D eigenvalue weighted by molar-refractivity contribution is 6.30. The van der Waals surface area contributed by atoms with Crippen LogP contribution < -0.4 is 10.5 Å². The molecule has 0 aliphatic carbocycles. The lowest BCUT2D eigenvalue weighted by Gasteiger charge is -2.42. The number of morpholine rings is 1. The molecule has 5 nitrogen and oxygen atoms in total. The van der Waals surface area contributed by atoms with E-state index in [0.29, 0.717) is 23.9 Å². The SMILES string of the molecule is NC(=O)CC1(COc2cccc(Cl)c2)CN(CCCc2ccccc2)CCO1. The maximum absolute atomic E-state index is 11.7. The summed E-state index contributed by atoms with van der Waals surface area (Å²) in [5, 5.41) is 0.605. The molecule has 1 fully saturated rings. The highest BCUT2D eigenvalue weighted by Gasteiger charge is 2.39. The van der Waals surface area contributed by atoms with E-state index in [1.165, 1.54) is 5.56 Å². The number of carbonyl (C=O) groups is 1. The van der Waals surface area contributed by atoms with E-state index in [0.717, 1.165) is 25.9 Å². The summed E-state index contributed by atoms with van der Waals surface area (Å²) in [5.41, 5.74) is 6.11. The molecular formula is C22H27ClN2O3. The van der Waals surface area contributed by atoms with Gasteiger partial charge in [0.2, 0.25) is 5.91 Å². The van der Waals surface area contributed by atoms with Crippen LogP contribution in [0.25, 0.3) is 0 Å². The molecule has 1 saturated heterocycles. The highest BCUT2D eigenvalue weighted by atomic mass is 35.5. The third-order valence-corrected chi connectivity index (χ3v) is 5.14. The van der Waals surface area contributed by atoms with Crippen molar-refractivity contribution in [1.82, 2.24) is 4.90 Å². The molecule has 1 heterocycles. The first-order valence-electron chi connectivity index (χ1n) is 9.62. The first-order chi connectivity index (χ1) is 13.5. The number of halogens is 1. The standard InChI is InChI=1S/C22H27ClN2O3/c23-19-9-4-10-20(14-19)27-17-22(15-21(24)26)16-25(12-13-28-22)11-5-8-18-6-2-1-3-7-18/h1-4,6-7,9-10,14H,5,8,11-13,15-17H2,(H2,24,26). The van der Waals surface area contributed by atoms with Gasteiger partial charge in [0.05, 0.1) is 13.0 Å². The minimum atomic E-state index is -0.737. The van der Waals surface area contributed by atoms with Gasteiger partial charge in [-0.2, -0.15) is 0 Å². The molecule has 2 N–H and O–H groups in total. The van der Waals surface area contributed by atoms with E-state index in [4.69, 9.17) is 26.8 Å². The monoisotopic (exact) mass is 402 g/mol. The van der Waals surface area contributed by atoms with Crippen LogP contribution in [0, 0.1) is 0 Å². The van der Waals surface area contributed by atoms with E-state index in [2.05, 4.69) is 29.2 Å². The number of carbonyl (C=O) groups excluding carboxylic acids is 1. The number of aryl methyl sites for hydroxylation is 1. The zero-order valence-electron chi connectivity index (χ0n) is 16.0. The molecule has 2 aromatic rings. The zero-order valence-corrected chi connectivity index (χ0v) is 16.7. The average Bonchev–Trinajstić information content (AvgIpc) is 2.67. The Morgan fingerprint density at radius 3 is 2.79 bits per heavy atom. The second-order valence-electron chi connectivity index (χ2n) is 7.29. The van der Waals surface area contributed by atoms with Gasteiger partial charge in [-0.05, 0) is 43.1 Å². The quantitative estimate of drug-likeness (QED) is 0.699. The van der Waals surface area contributed by atoms with Crippen molar-refractivity contribution in [3.8, 4) is 5.75 Å². The summed E-state index contributed by atoms with van der Waals surface area (Å²) in [7, 11) is 0. The first kappa shape index (κ1) is 20.6. The van der Waals surface area contributed by atoms with E-state index < -0.39 is 5.60 Å². The van der Waals surface area contributed by atoms with Gasteiger partial charge in [-0.3, -0.25) is 9.69 Å². The average molecular weight is 403 g/mol. The van der Waals surface area contributed by atoms with Gasteiger partial charge in [-0.15, -0.1) is 0 Å². The summed E-state index contributed by atoms with van der Waals surface area (Å²) in [4.78, 5) is 14.0. The topological polar surface area (TPSA) is 64.8 Å². The number of benzene rings is 2. The van der Waals surface area contributed by atoms with E-state index in [1.54, 1.807) is 12.1 Å². The Morgan fingerprint density at radius 2 is 2.04 bits per heavy atom. The second-order valence-corrected chi connectivity index (χ2v) is 7.72. The largest absolute Gasteiger partial charge is 0.490 e. The second kappa shape index (κ2) is 9.92. The fourth-order valence-corrected chi connectivity index (χ4v) is 3.78. The van der Waals surface area contributed by atoms with Gasteiger partial charge in [0.25, 0.3) is 0 Å². The molecule has 28 heavy (non-hydrogen) atoms. The first-order valence-corrected chi connectivity index (χ1v) is 9.99. The summed E-state index contributed by atoms with van der Waals surface area (Å²) in [6.07, 6.45) is 2.20. The summed E-state index contributed by atoms with van der Waals surface area (Å²) in [6.45, 7) is 3.21. The van der Waals surface area contributed by atoms with Crippen LogP contribution in [0.5, 0.6) is 5.75 Å². The maximum Gasteiger partial charge on any atom is 0.220 e. The maximum atomic E-state index is 11.7. The van der Waals surface area contributed by atoms with Crippen LogP contribution in [0.2, 0.25) is 5.02 Å². The van der Waals surface area contributed by atoms with Crippen molar-refractivity contribution in [2.75, 3.05) is 32.8 Å². The third-order valence-electron chi connectivity index (χ3n) is 4.90. The minimum absolute atomic E-state index is 0.128. The molecule has 1 atom stereocenters. The predicted molar refractivity (Wildman–Crippen MR) is 111 cm³/mol. The van der Waals surface area contributed by atoms with Crippen LogP contribution in [0.3, 0.4) is 0 Å². The van der Waals surface area contributed by atoms with E-state index in [-0.39, 0.29) is 18.9 Å². The smallest absolute Gasteiger partial charge is 0.220 e. The van der Waals surface area contributed by atoms with Crippen LogP contribution in [0.4, 0.5) is 0 Å². The Labute approximate surface area is 171 Å². The zero-order chi connectivity index (χ0) is 19.8. The van der Waals surface area contributed by atoms with Crippen LogP contribution >= 0.6 is 11.6 Å². The molecular weight excluding hydrogens is 376 g/mol. The lowest BCUT2D eigenvalue weighted by Crippen LogP contribution is -2.56. The molecule has 1 aliphatic heterocycles. The number of hydrogen-bond acceptors (Lipinski definition) is 4. The van der Waals surface area contributed by atoms with Gasteiger partial charge >= 0.3 is 0 Å². The molecule has 0 aromatic heterocycles. The van der Waals surface area contributed by atoms with Crippen LogP contribution in [-0.4, -0.2) is 49.3 Å². The summed E-state index contributed by atoms with van der Waals surface area (Å²) < 4.78 is 11.9. The van der Waals surface area contributed by atoms with E-state index in [1.807, 2.05) is 18.2 Å². The van der Waals surface area contributed by atoms with Crippen molar-refractivity contribution in [2.24, 2.45) is 5.73 Å². The number of amides is 1. The van der Waals surface area contributed by atoms with E-state index >= 15 is 0 Å². The molecule has 1 amide bonds. The Kier molecular flexibility index (Phi) is 7.31. The highest BCUT2D eigenvalue weighted by Crippen LogP contribution is 2.25. The molecule has 0 spiro atoms. The summed E-state index contributed by atoms with van der Waals surface area (Å²) >= 11 is 6.02. The Hall–Kier alpha value is -2.08. The number of primary amides is 1. The predicted octanol–water partition coefficient (Wildman–Crippen LogP) is 3.30. The lowest BCUT2D eigenvalue weighted by molar-refractivity contribution is -0.147. The molecule has 1 unspecified atom stereocenters. The number of nitrogens with zero attached hydrogens (tertiary/aromatic N) is 1. The Balaban J connectivity index is 1.58.